The topological polar surface area (TPSA) is 44.4 Å². The van der Waals surface area contributed by atoms with Crippen LogP contribution in [0.5, 0.6) is 0 Å². The third-order valence-corrected chi connectivity index (χ3v) is 3.82. The first-order valence-corrected chi connectivity index (χ1v) is 7.81. The molecule has 2 atom stereocenters. The molecule has 1 saturated heterocycles. The molecule has 128 valence electrons. The van der Waals surface area contributed by atoms with Gasteiger partial charge in [0.15, 0.2) is 0 Å². The van der Waals surface area contributed by atoms with E-state index in [1.165, 1.54) is 19.3 Å². The third kappa shape index (κ3) is 8.24. The number of nitrogens with zero attached hydrogens (tertiary/aromatic N) is 1. The molecule has 1 amide bonds. The van der Waals surface area contributed by atoms with Crippen LogP contribution in [0.3, 0.4) is 0 Å². The Hall–Kier alpha value is -0.0300. The molecule has 1 aliphatic heterocycles. The number of nitrogens with one attached hydrogen (secondary N) is 2. The molecule has 0 bridgehead atoms. The highest BCUT2D eigenvalue weighted by atomic mass is 35.5. The lowest BCUT2D eigenvalue weighted by Crippen LogP contribution is -2.53. The molecule has 0 saturated carbocycles. The van der Waals surface area contributed by atoms with Gasteiger partial charge in [0.2, 0.25) is 5.91 Å². The van der Waals surface area contributed by atoms with Crippen LogP contribution in [0.2, 0.25) is 0 Å². The van der Waals surface area contributed by atoms with Crippen LogP contribution in [0.25, 0.3) is 0 Å². The molecule has 1 unspecified atom stereocenters. The Morgan fingerprint density at radius 2 is 1.67 bits per heavy atom. The van der Waals surface area contributed by atoms with Gasteiger partial charge in [-0.2, -0.15) is 0 Å². The molecule has 1 rings (SSSR count). The SMILES string of the molecule is CCN[C@H](C)CNC(=O)C(C(C)C)N1CCCCC1.Cl.Cl. The minimum Gasteiger partial charge on any atom is -0.353 e. The highest BCUT2D eigenvalue weighted by Crippen LogP contribution is 2.17. The highest BCUT2D eigenvalue weighted by molar-refractivity contribution is 5.85. The Labute approximate surface area is 142 Å². The minimum atomic E-state index is 0. The number of likely N-dealkylation sites (tertiary alicyclic amines) is 1. The van der Waals surface area contributed by atoms with E-state index < -0.39 is 0 Å². The summed E-state index contributed by atoms with van der Waals surface area (Å²) in [6.45, 7) is 12.3. The lowest BCUT2D eigenvalue weighted by Gasteiger charge is -2.36. The Morgan fingerprint density at radius 3 is 2.14 bits per heavy atom. The van der Waals surface area contributed by atoms with Crippen molar-refractivity contribution in [1.29, 1.82) is 0 Å². The zero-order valence-electron chi connectivity index (χ0n) is 13.9. The molecule has 1 heterocycles. The predicted octanol–water partition coefficient (Wildman–Crippen LogP) is 2.45. The van der Waals surface area contributed by atoms with E-state index in [9.17, 15) is 4.79 Å². The van der Waals surface area contributed by atoms with Gasteiger partial charge in [-0.05, 0) is 45.3 Å². The van der Waals surface area contributed by atoms with E-state index in [2.05, 4.69) is 43.2 Å². The summed E-state index contributed by atoms with van der Waals surface area (Å²) in [4.78, 5) is 14.8. The van der Waals surface area contributed by atoms with Crippen molar-refractivity contribution in [3.63, 3.8) is 0 Å². The molecule has 0 aliphatic carbocycles. The van der Waals surface area contributed by atoms with Crippen molar-refractivity contribution in [3.8, 4) is 0 Å². The van der Waals surface area contributed by atoms with Gasteiger partial charge in [-0.1, -0.05) is 27.2 Å². The first-order chi connectivity index (χ1) is 9.06. The van der Waals surface area contributed by atoms with Crippen LogP contribution >= 0.6 is 24.8 Å². The van der Waals surface area contributed by atoms with Crippen molar-refractivity contribution in [1.82, 2.24) is 15.5 Å². The van der Waals surface area contributed by atoms with Gasteiger partial charge >= 0.3 is 0 Å². The fourth-order valence-corrected chi connectivity index (χ4v) is 2.87. The summed E-state index contributed by atoms with van der Waals surface area (Å²) in [5.41, 5.74) is 0. The molecule has 0 spiro atoms. The Balaban J connectivity index is 0. The van der Waals surface area contributed by atoms with Crippen LogP contribution < -0.4 is 10.6 Å². The molecule has 0 radical (unpaired) electrons. The number of carbonyl (C=O) groups is 1. The monoisotopic (exact) mass is 341 g/mol. The van der Waals surface area contributed by atoms with Crippen LogP contribution in [-0.4, -0.2) is 49.1 Å². The van der Waals surface area contributed by atoms with Gasteiger partial charge in [-0.3, -0.25) is 9.69 Å². The number of amides is 1. The van der Waals surface area contributed by atoms with Gasteiger partial charge in [0.25, 0.3) is 0 Å². The van der Waals surface area contributed by atoms with Crippen molar-refractivity contribution in [3.05, 3.63) is 0 Å². The second kappa shape index (κ2) is 12.5. The van der Waals surface area contributed by atoms with Crippen LogP contribution in [0.15, 0.2) is 0 Å². The Morgan fingerprint density at radius 1 is 1.10 bits per heavy atom. The van der Waals surface area contributed by atoms with Crippen LogP contribution in [0.4, 0.5) is 0 Å². The van der Waals surface area contributed by atoms with E-state index in [0.29, 0.717) is 18.5 Å². The molecule has 21 heavy (non-hydrogen) atoms. The fourth-order valence-electron chi connectivity index (χ4n) is 2.87. The van der Waals surface area contributed by atoms with E-state index >= 15 is 0 Å². The molecule has 0 aromatic rings. The molecule has 2 N–H and O–H groups in total. The smallest absolute Gasteiger partial charge is 0.237 e. The standard InChI is InChI=1S/C15H31N3O.2ClH/c1-5-16-13(4)11-17-15(19)14(12(2)3)18-9-7-6-8-10-18;;/h12-14,16H,5-11H2,1-4H3,(H,17,19);2*1H/t13-,14?;;/m1../s1. The zero-order valence-corrected chi connectivity index (χ0v) is 15.5. The van der Waals surface area contributed by atoms with Crippen molar-refractivity contribution in [2.24, 2.45) is 5.92 Å². The van der Waals surface area contributed by atoms with Gasteiger partial charge in [0, 0.05) is 12.6 Å². The maximum Gasteiger partial charge on any atom is 0.237 e. The van der Waals surface area contributed by atoms with Crippen LogP contribution in [-0.2, 0) is 4.79 Å². The summed E-state index contributed by atoms with van der Waals surface area (Å²) in [5, 5.41) is 6.42. The summed E-state index contributed by atoms with van der Waals surface area (Å²) in [6, 6.07) is 0.372. The number of halogens is 2. The summed E-state index contributed by atoms with van der Waals surface area (Å²) in [6.07, 6.45) is 3.76. The molecule has 0 aromatic carbocycles. The third-order valence-electron chi connectivity index (χ3n) is 3.82. The number of rotatable bonds is 7. The van der Waals surface area contributed by atoms with Crippen LogP contribution in [0, 0.1) is 5.92 Å². The quantitative estimate of drug-likeness (QED) is 0.747. The second-order valence-corrected chi connectivity index (χ2v) is 5.99. The van der Waals surface area contributed by atoms with Gasteiger partial charge in [-0.25, -0.2) is 0 Å². The fraction of sp³-hybridized carbons (Fsp3) is 0.933. The number of carbonyl (C=O) groups excluding carboxylic acids is 1. The summed E-state index contributed by atoms with van der Waals surface area (Å²) < 4.78 is 0. The first kappa shape index (κ1) is 23.2. The van der Waals surface area contributed by atoms with E-state index in [1.54, 1.807) is 0 Å². The van der Waals surface area contributed by atoms with E-state index in [4.69, 9.17) is 0 Å². The van der Waals surface area contributed by atoms with E-state index in [1.807, 2.05) is 0 Å². The highest BCUT2D eigenvalue weighted by Gasteiger charge is 2.29. The largest absolute Gasteiger partial charge is 0.353 e. The van der Waals surface area contributed by atoms with Gasteiger partial charge in [-0.15, -0.1) is 24.8 Å². The zero-order chi connectivity index (χ0) is 14.3. The van der Waals surface area contributed by atoms with Crippen molar-refractivity contribution < 1.29 is 4.79 Å². The Kier molecular flexibility index (Phi) is 13.8. The average molecular weight is 342 g/mol. The molecule has 6 heteroatoms. The maximum atomic E-state index is 12.4. The average Bonchev–Trinajstić information content (AvgIpc) is 2.38. The van der Waals surface area contributed by atoms with Gasteiger partial charge in [0.1, 0.15) is 0 Å². The van der Waals surface area contributed by atoms with E-state index in [0.717, 1.165) is 19.6 Å². The normalized spacial score (nSPS) is 18.3. The maximum absolute atomic E-state index is 12.4. The molecular weight excluding hydrogens is 309 g/mol. The second-order valence-electron chi connectivity index (χ2n) is 5.99. The summed E-state index contributed by atoms with van der Waals surface area (Å²) in [5.74, 6) is 0.564. The predicted molar refractivity (Wildman–Crippen MR) is 94.7 cm³/mol. The van der Waals surface area contributed by atoms with Gasteiger partial charge in [0.05, 0.1) is 6.04 Å². The molecule has 1 fully saturated rings. The van der Waals surface area contributed by atoms with Crippen molar-refractivity contribution in [2.75, 3.05) is 26.2 Å². The number of hydrogen-bond donors (Lipinski definition) is 2. The number of likely N-dealkylation sites (N-methyl/N-ethyl adjacent to an activating group) is 1. The summed E-state index contributed by atoms with van der Waals surface area (Å²) >= 11 is 0. The molecule has 1 aliphatic rings. The molecular formula is C15H33Cl2N3O. The lowest BCUT2D eigenvalue weighted by atomic mass is 9.98. The minimum absolute atomic E-state index is 0. The van der Waals surface area contributed by atoms with E-state index in [-0.39, 0.29) is 36.8 Å². The number of hydrogen-bond acceptors (Lipinski definition) is 3. The van der Waals surface area contributed by atoms with Crippen LogP contribution in [0.1, 0.15) is 47.0 Å². The van der Waals surface area contributed by atoms with Crippen molar-refractivity contribution in [2.45, 2.75) is 59.0 Å². The Bertz CT molecular complexity index is 272. The van der Waals surface area contributed by atoms with Gasteiger partial charge < -0.3 is 10.6 Å². The molecule has 4 nitrogen and oxygen atoms in total. The van der Waals surface area contributed by atoms with Crippen molar-refractivity contribution >= 4 is 30.7 Å². The lowest BCUT2D eigenvalue weighted by molar-refractivity contribution is -0.128. The molecule has 0 aromatic heterocycles. The first-order valence-electron chi connectivity index (χ1n) is 7.81. The summed E-state index contributed by atoms with van der Waals surface area (Å²) in [7, 11) is 0. The number of piperidine rings is 1.